The Morgan fingerprint density at radius 2 is 1.76 bits per heavy atom. The molecule has 1 atom stereocenters. The second-order valence-corrected chi connectivity index (χ2v) is 5.15. The minimum Gasteiger partial charge on any atom is -0.497 e. The average molecular weight is 346 g/mol. The third kappa shape index (κ3) is 5.47. The molecule has 1 unspecified atom stereocenters. The van der Waals surface area contributed by atoms with Crippen molar-refractivity contribution in [2.24, 2.45) is 0 Å². The van der Waals surface area contributed by atoms with E-state index in [0.29, 0.717) is 11.5 Å². The monoisotopic (exact) mass is 346 g/mol. The van der Waals surface area contributed by atoms with Crippen LogP contribution in [0.15, 0.2) is 48.5 Å². The van der Waals surface area contributed by atoms with Crippen molar-refractivity contribution in [2.75, 3.05) is 20.3 Å². The second-order valence-electron chi connectivity index (χ2n) is 5.15. The topological polar surface area (TPSA) is 111 Å². The number of carbonyl (C=O) groups is 1. The maximum absolute atomic E-state index is 11.9. The summed E-state index contributed by atoms with van der Waals surface area (Å²) in [4.78, 5) is 22.0. The Bertz CT molecular complexity index is 715. The van der Waals surface area contributed by atoms with E-state index in [-0.39, 0.29) is 24.4 Å². The first-order valence-corrected chi connectivity index (χ1v) is 7.47. The molecule has 2 rings (SSSR count). The summed E-state index contributed by atoms with van der Waals surface area (Å²) >= 11 is 0. The van der Waals surface area contributed by atoms with Crippen molar-refractivity contribution in [2.45, 2.75) is 6.10 Å². The summed E-state index contributed by atoms with van der Waals surface area (Å²) in [5.74, 6) is 0.836. The first-order valence-electron chi connectivity index (χ1n) is 7.47. The fraction of sp³-hybridized carbons (Fsp3) is 0.235. The zero-order chi connectivity index (χ0) is 18.2. The van der Waals surface area contributed by atoms with E-state index in [9.17, 15) is 20.0 Å². The molecule has 0 aliphatic carbocycles. The van der Waals surface area contributed by atoms with Gasteiger partial charge in [-0.3, -0.25) is 14.9 Å². The van der Waals surface area contributed by atoms with E-state index in [1.54, 1.807) is 31.4 Å². The molecule has 2 aromatic carbocycles. The molecule has 0 saturated heterocycles. The molecule has 0 spiro atoms. The normalized spacial score (nSPS) is 11.4. The highest BCUT2D eigenvalue weighted by Crippen LogP contribution is 2.17. The number of benzene rings is 2. The molecule has 0 bridgehead atoms. The van der Waals surface area contributed by atoms with Gasteiger partial charge in [0, 0.05) is 24.2 Å². The highest BCUT2D eigenvalue weighted by Gasteiger charge is 2.12. The van der Waals surface area contributed by atoms with Crippen LogP contribution in [0.1, 0.15) is 10.4 Å². The molecule has 2 N–H and O–H groups in total. The highest BCUT2D eigenvalue weighted by molar-refractivity contribution is 5.94. The largest absolute Gasteiger partial charge is 0.497 e. The molecular weight excluding hydrogens is 328 g/mol. The molecule has 0 fully saturated rings. The van der Waals surface area contributed by atoms with E-state index in [1.165, 1.54) is 24.3 Å². The van der Waals surface area contributed by atoms with Crippen LogP contribution in [0.3, 0.4) is 0 Å². The van der Waals surface area contributed by atoms with Crippen LogP contribution in [0, 0.1) is 10.1 Å². The van der Waals surface area contributed by atoms with Crippen LogP contribution < -0.4 is 14.8 Å². The summed E-state index contributed by atoms with van der Waals surface area (Å²) in [5, 5.41) is 23.0. The fourth-order valence-electron chi connectivity index (χ4n) is 1.97. The highest BCUT2D eigenvalue weighted by atomic mass is 16.6. The summed E-state index contributed by atoms with van der Waals surface area (Å²) in [5.41, 5.74) is 0.179. The van der Waals surface area contributed by atoms with Crippen LogP contribution in [0.2, 0.25) is 0 Å². The minimum atomic E-state index is -0.899. The van der Waals surface area contributed by atoms with E-state index < -0.39 is 16.9 Å². The quantitative estimate of drug-likeness (QED) is 0.557. The lowest BCUT2D eigenvalue weighted by molar-refractivity contribution is -0.384. The van der Waals surface area contributed by atoms with Crippen molar-refractivity contribution in [1.29, 1.82) is 0 Å². The molecule has 0 saturated carbocycles. The summed E-state index contributed by atoms with van der Waals surface area (Å²) in [7, 11) is 1.56. The molecule has 8 nitrogen and oxygen atoms in total. The number of amides is 1. The third-order valence-corrected chi connectivity index (χ3v) is 3.34. The number of nitrogens with zero attached hydrogens (tertiary/aromatic N) is 1. The Balaban J connectivity index is 1.77. The number of hydrogen-bond donors (Lipinski definition) is 2. The summed E-state index contributed by atoms with van der Waals surface area (Å²) < 4.78 is 10.4. The lowest BCUT2D eigenvalue weighted by atomic mass is 10.2. The number of hydrogen-bond acceptors (Lipinski definition) is 6. The number of nitro groups is 1. The zero-order valence-electron chi connectivity index (χ0n) is 13.5. The number of ether oxygens (including phenoxy) is 2. The van der Waals surface area contributed by atoms with Gasteiger partial charge in [-0.2, -0.15) is 0 Å². The van der Waals surface area contributed by atoms with Crippen LogP contribution in [-0.2, 0) is 0 Å². The molecule has 2 aromatic rings. The van der Waals surface area contributed by atoms with Gasteiger partial charge in [0.15, 0.2) is 0 Å². The average Bonchev–Trinajstić information content (AvgIpc) is 2.64. The Hall–Kier alpha value is -3.13. The van der Waals surface area contributed by atoms with Crippen molar-refractivity contribution in [3.63, 3.8) is 0 Å². The van der Waals surface area contributed by atoms with Crippen molar-refractivity contribution < 1.29 is 24.3 Å². The molecule has 132 valence electrons. The Kier molecular flexibility index (Phi) is 6.30. The van der Waals surface area contributed by atoms with Gasteiger partial charge in [0.2, 0.25) is 0 Å². The van der Waals surface area contributed by atoms with Crippen LogP contribution in [0.25, 0.3) is 0 Å². The van der Waals surface area contributed by atoms with E-state index in [1.807, 2.05) is 0 Å². The van der Waals surface area contributed by atoms with Gasteiger partial charge in [-0.15, -0.1) is 0 Å². The fourth-order valence-corrected chi connectivity index (χ4v) is 1.97. The lowest BCUT2D eigenvalue weighted by Crippen LogP contribution is -2.35. The lowest BCUT2D eigenvalue weighted by Gasteiger charge is -2.13. The first kappa shape index (κ1) is 18.2. The molecule has 8 heteroatoms. The molecule has 0 heterocycles. The molecule has 1 amide bonds. The smallest absolute Gasteiger partial charge is 0.269 e. The molecule has 0 aromatic heterocycles. The predicted octanol–water partition coefficient (Wildman–Crippen LogP) is 1.77. The summed E-state index contributed by atoms with van der Waals surface area (Å²) in [6, 6.07) is 12.1. The van der Waals surface area contributed by atoms with Gasteiger partial charge >= 0.3 is 0 Å². The van der Waals surface area contributed by atoms with Gasteiger partial charge < -0.3 is 19.9 Å². The Morgan fingerprint density at radius 3 is 2.32 bits per heavy atom. The number of nitro benzene ring substituents is 1. The van der Waals surface area contributed by atoms with Gasteiger partial charge in [0.25, 0.3) is 11.6 Å². The number of non-ortho nitro benzene ring substituents is 1. The van der Waals surface area contributed by atoms with Crippen molar-refractivity contribution in [3.05, 3.63) is 64.2 Å². The van der Waals surface area contributed by atoms with Crippen molar-refractivity contribution in [3.8, 4) is 11.5 Å². The number of aliphatic hydroxyl groups is 1. The number of nitrogens with one attached hydrogen (secondary N) is 1. The standard InChI is InChI=1S/C17H18N2O6/c1-24-15-6-8-16(9-7-15)25-11-14(20)10-18-17(21)12-2-4-13(5-3-12)19(22)23/h2-9,14,20H,10-11H2,1H3,(H,18,21). The van der Waals surface area contributed by atoms with Crippen molar-refractivity contribution >= 4 is 11.6 Å². The maximum Gasteiger partial charge on any atom is 0.269 e. The van der Waals surface area contributed by atoms with Crippen LogP contribution in [-0.4, -0.2) is 42.3 Å². The minimum absolute atomic E-state index is 0.00682. The number of carbonyl (C=O) groups excluding carboxylic acids is 1. The molecule has 0 radical (unpaired) electrons. The van der Waals surface area contributed by atoms with Gasteiger partial charge in [-0.05, 0) is 36.4 Å². The van der Waals surface area contributed by atoms with Crippen LogP contribution in [0.5, 0.6) is 11.5 Å². The summed E-state index contributed by atoms with van der Waals surface area (Å²) in [6.45, 7) is -0.00115. The van der Waals surface area contributed by atoms with E-state index in [2.05, 4.69) is 5.32 Å². The molecule has 0 aliphatic rings. The van der Waals surface area contributed by atoms with E-state index in [4.69, 9.17) is 9.47 Å². The zero-order valence-corrected chi connectivity index (χ0v) is 13.5. The Labute approximate surface area is 144 Å². The van der Waals surface area contributed by atoms with Gasteiger partial charge in [-0.25, -0.2) is 0 Å². The predicted molar refractivity (Wildman–Crippen MR) is 89.9 cm³/mol. The van der Waals surface area contributed by atoms with Crippen LogP contribution >= 0.6 is 0 Å². The van der Waals surface area contributed by atoms with E-state index >= 15 is 0 Å². The number of rotatable bonds is 8. The molecule has 0 aliphatic heterocycles. The van der Waals surface area contributed by atoms with Gasteiger partial charge in [0.05, 0.1) is 12.0 Å². The first-order chi connectivity index (χ1) is 12.0. The second kappa shape index (κ2) is 8.65. The Morgan fingerprint density at radius 1 is 1.16 bits per heavy atom. The third-order valence-electron chi connectivity index (χ3n) is 3.34. The van der Waals surface area contributed by atoms with Gasteiger partial charge in [0.1, 0.15) is 24.2 Å². The molecule has 25 heavy (non-hydrogen) atoms. The SMILES string of the molecule is COc1ccc(OCC(O)CNC(=O)c2ccc([N+](=O)[O-])cc2)cc1. The number of methoxy groups -OCH3 is 1. The van der Waals surface area contributed by atoms with E-state index in [0.717, 1.165) is 0 Å². The summed E-state index contributed by atoms with van der Waals surface area (Å²) in [6.07, 6.45) is -0.899. The maximum atomic E-state index is 11.9. The van der Waals surface area contributed by atoms with Gasteiger partial charge in [-0.1, -0.05) is 0 Å². The van der Waals surface area contributed by atoms with Crippen LogP contribution in [0.4, 0.5) is 5.69 Å². The molecular formula is C17H18N2O6. The van der Waals surface area contributed by atoms with Crippen molar-refractivity contribution in [1.82, 2.24) is 5.32 Å². The number of aliphatic hydroxyl groups excluding tert-OH is 1.